The van der Waals surface area contributed by atoms with Gasteiger partial charge in [0, 0.05) is 18.4 Å². The van der Waals surface area contributed by atoms with Gasteiger partial charge in [0.25, 0.3) is 0 Å². The van der Waals surface area contributed by atoms with E-state index in [9.17, 15) is 0 Å². The molecule has 3 rings (SSSR count). The van der Waals surface area contributed by atoms with Gasteiger partial charge in [0.05, 0.1) is 11.7 Å². The first-order valence-corrected chi connectivity index (χ1v) is 6.16. The van der Waals surface area contributed by atoms with Crippen molar-refractivity contribution in [1.82, 2.24) is 9.78 Å². The van der Waals surface area contributed by atoms with E-state index in [4.69, 9.17) is 0 Å². The van der Waals surface area contributed by atoms with Gasteiger partial charge < -0.3 is 5.32 Å². The van der Waals surface area contributed by atoms with Crippen molar-refractivity contribution < 1.29 is 0 Å². The van der Waals surface area contributed by atoms with Crippen molar-refractivity contribution in [2.24, 2.45) is 0 Å². The standard InChI is InChI=1S/C14H17N3/c1-11-8-9-17(16-11)13-7-6-12-4-2-3-5-14(12)15-10-13/h2-5,8-9,13,15H,6-7,10H2,1H3. The molecule has 0 aliphatic carbocycles. The van der Waals surface area contributed by atoms with E-state index in [2.05, 4.69) is 51.6 Å². The van der Waals surface area contributed by atoms with Gasteiger partial charge in [0.15, 0.2) is 0 Å². The van der Waals surface area contributed by atoms with Gasteiger partial charge in [-0.2, -0.15) is 5.10 Å². The number of hydrogen-bond donors (Lipinski definition) is 1. The van der Waals surface area contributed by atoms with E-state index in [0.29, 0.717) is 6.04 Å². The minimum absolute atomic E-state index is 0.455. The van der Waals surface area contributed by atoms with E-state index < -0.39 is 0 Å². The zero-order valence-electron chi connectivity index (χ0n) is 10.1. The molecule has 88 valence electrons. The summed E-state index contributed by atoms with van der Waals surface area (Å²) in [4.78, 5) is 0. The molecule has 17 heavy (non-hydrogen) atoms. The molecule has 1 unspecified atom stereocenters. The van der Waals surface area contributed by atoms with E-state index in [1.807, 2.05) is 6.92 Å². The fourth-order valence-electron chi connectivity index (χ4n) is 2.42. The first-order valence-electron chi connectivity index (χ1n) is 6.16. The zero-order chi connectivity index (χ0) is 11.7. The SMILES string of the molecule is Cc1ccn(C2CCc3ccccc3NC2)n1. The van der Waals surface area contributed by atoms with Crippen molar-refractivity contribution >= 4 is 5.69 Å². The molecule has 1 aromatic carbocycles. The van der Waals surface area contributed by atoms with Crippen molar-refractivity contribution in [3.05, 3.63) is 47.8 Å². The van der Waals surface area contributed by atoms with Crippen LogP contribution in [0.5, 0.6) is 0 Å². The van der Waals surface area contributed by atoms with Gasteiger partial charge in [-0.05, 0) is 37.5 Å². The molecule has 0 radical (unpaired) electrons. The molecule has 0 amide bonds. The number of aryl methyl sites for hydroxylation is 2. The second-order valence-corrected chi connectivity index (χ2v) is 4.67. The van der Waals surface area contributed by atoms with Crippen LogP contribution in [-0.2, 0) is 6.42 Å². The molecule has 0 fully saturated rings. The summed E-state index contributed by atoms with van der Waals surface area (Å²) in [5, 5.41) is 8.04. The minimum Gasteiger partial charge on any atom is -0.383 e. The minimum atomic E-state index is 0.455. The number of fused-ring (bicyclic) bond motifs is 1. The Morgan fingerprint density at radius 3 is 3.00 bits per heavy atom. The summed E-state index contributed by atoms with van der Waals surface area (Å²) in [7, 11) is 0. The molecule has 1 aliphatic rings. The lowest BCUT2D eigenvalue weighted by atomic mass is 10.1. The Labute approximate surface area is 101 Å². The summed E-state index contributed by atoms with van der Waals surface area (Å²) in [6, 6.07) is 11.1. The average Bonchev–Trinajstić information content (AvgIpc) is 2.66. The zero-order valence-corrected chi connectivity index (χ0v) is 10.1. The second kappa shape index (κ2) is 4.24. The van der Waals surface area contributed by atoms with Crippen LogP contribution in [0.3, 0.4) is 0 Å². The second-order valence-electron chi connectivity index (χ2n) is 4.67. The number of anilines is 1. The smallest absolute Gasteiger partial charge is 0.0694 e. The fourth-order valence-corrected chi connectivity index (χ4v) is 2.42. The first-order chi connectivity index (χ1) is 8.33. The molecule has 3 nitrogen and oxygen atoms in total. The first kappa shape index (κ1) is 10.4. The predicted molar refractivity (Wildman–Crippen MR) is 69.3 cm³/mol. The summed E-state index contributed by atoms with van der Waals surface area (Å²) in [5.41, 5.74) is 3.78. The highest BCUT2D eigenvalue weighted by Crippen LogP contribution is 2.25. The predicted octanol–water partition coefficient (Wildman–Crippen LogP) is 2.79. The van der Waals surface area contributed by atoms with Crippen molar-refractivity contribution in [2.45, 2.75) is 25.8 Å². The van der Waals surface area contributed by atoms with Crippen LogP contribution in [0, 0.1) is 6.92 Å². The van der Waals surface area contributed by atoms with E-state index in [0.717, 1.165) is 25.1 Å². The van der Waals surface area contributed by atoms with Gasteiger partial charge in [-0.15, -0.1) is 0 Å². The van der Waals surface area contributed by atoms with Crippen LogP contribution in [-0.4, -0.2) is 16.3 Å². The largest absolute Gasteiger partial charge is 0.383 e. The molecule has 1 atom stereocenters. The number of benzene rings is 1. The average molecular weight is 227 g/mol. The molecule has 1 aliphatic heterocycles. The van der Waals surface area contributed by atoms with Crippen LogP contribution >= 0.6 is 0 Å². The Hall–Kier alpha value is -1.77. The molecule has 3 heteroatoms. The van der Waals surface area contributed by atoms with Crippen molar-refractivity contribution in [1.29, 1.82) is 0 Å². The van der Waals surface area contributed by atoms with Crippen LogP contribution in [0.15, 0.2) is 36.5 Å². The Morgan fingerprint density at radius 2 is 2.18 bits per heavy atom. The third-order valence-electron chi connectivity index (χ3n) is 3.41. The highest BCUT2D eigenvalue weighted by Gasteiger charge is 2.17. The molecular weight excluding hydrogens is 210 g/mol. The fraction of sp³-hybridized carbons (Fsp3) is 0.357. The summed E-state index contributed by atoms with van der Waals surface area (Å²) >= 11 is 0. The summed E-state index contributed by atoms with van der Waals surface area (Å²) in [6.45, 7) is 2.99. The number of para-hydroxylation sites is 1. The number of rotatable bonds is 1. The Kier molecular flexibility index (Phi) is 2.59. The van der Waals surface area contributed by atoms with Gasteiger partial charge in [0.1, 0.15) is 0 Å². The maximum Gasteiger partial charge on any atom is 0.0694 e. The van der Waals surface area contributed by atoms with Crippen molar-refractivity contribution in [3.63, 3.8) is 0 Å². The highest BCUT2D eigenvalue weighted by molar-refractivity contribution is 5.52. The third-order valence-corrected chi connectivity index (χ3v) is 3.41. The lowest BCUT2D eigenvalue weighted by Gasteiger charge is -2.15. The normalized spacial score (nSPS) is 19.2. The maximum absolute atomic E-state index is 4.52. The van der Waals surface area contributed by atoms with E-state index >= 15 is 0 Å². The molecule has 0 spiro atoms. The molecule has 1 N–H and O–H groups in total. The van der Waals surface area contributed by atoms with E-state index in [-0.39, 0.29) is 0 Å². The summed E-state index contributed by atoms with van der Waals surface area (Å²) < 4.78 is 2.09. The van der Waals surface area contributed by atoms with Crippen LogP contribution in [0.2, 0.25) is 0 Å². The molecule has 0 bridgehead atoms. The maximum atomic E-state index is 4.52. The van der Waals surface area contributed by atoms with Crippen LogP contribution in [0.25, 0.3) is 0 Å². The third kappa shape index (κ3) is 2.05. The monoisotopic (exact) mass is 227 g/mol. The van der Waals surface area contributed by atoms with Crippen LogP contribution in [0.1, 0.15) is 23.7 Å². The van der Waals surface area contributed by atoms with E-state index in [1.54, 1.807) is 0 Å². The topological polar surface area (TPSA) is 29.9 Å². The van der Waals surface area contributed by atoms with Gasteiger partial charge >= 0.3 is 0 Å². The molecule has 2 aromatic rings. The molecule has 2 heterocycles. The Morgan fingerprint density at radius 1 is 1.29 bits per heavy atom. The Bertz CT molecular complexity index is 489. The molecule has 1 aromatic heterocycles. The lowest BCUT2D eigenvalue weighted by Crippen LogP contribution is -2.18. The Balaban J connectivity index is 1.81. The van der Waals surface area contributed by atoms with Gasteiger partial charge in [-0.3, -0.25) is 4.68 Å². The molecule has 0 saturated carbocycles. The number of nitrogens with one attached hydrogen (secondary N) is 1. The summed E-state index contributed by atoms with van der Waals surface area (Å²) in [5.74, 6) is 0. The quantitative estimate of drug-likeness (QED) is 0.812. The lowest BCUT2D eigenvalue weighted by molar-refractivity contribution is 0.447. The van der Waals surface area contributed by atoms with Crippen molar-refractivity contribution in [3.8, 4) is 0 Å². The number of aromatic nitrogens is 2. The highest BCUT2D eigenvalue weighted by atomic mass is 15.3. The number of nitrogens with zero attached hydrogens (tertiary/aromatic N) is 2. The van der Waals surface area contributed by atoms with E-state index in [1.165, 1.54) is 11.3 Å². The van der Waals surface area contributed by atoms with Gasteiger partial charge in [0.2, 0.25) is 0 Å². The molecule has 0 saturated heterocycles. The number of hydrogen-bond acceptors (Lipinski definition) is 2. The van der Waals surface area contributed by atoms with Crippen LogP contribution < -0.4 is 5.32 Å². The van der Waals surface area contributed by atoms with Gasteiger partial charge in [-0.25, -0.2) is 0 Å². The van der Waals surface area contributed by atoms with Crippen molar-refractivity contribution in [2.75, 3.05) is 11.9 Å². The summed E-state index contributed by atoms with van der Waals surface area (Å²) in [6.07, 6.45) is 4.34. The van der Waals surface area contributed by atoms with Gasteiger partial charge in [-0.1, -0.05) is 18.2 Å². The van der Waals surface area contributed by atoms with Crippen LogP contribution in [0.4, 0.5) is 5.69 Å². The molecular formula is C14H17N3.